The van der Waals surface area contributed by atoms with Gasteiger partial charge in [-0.15, -0.1) is 0 Å². The molecule has 1 aromatic carbocycles. The van der Waals surface area contributed by atoms with Crippen LogP contribution >= 0.6 is 0 Å². The van der Waals surface area contributed by atoms with E-state index in [0.29, 0.717) is 5.92 Å². The van der Waals surface area contributed by atoms with Gasteiger partial charge in [0.25, 0.3) is 0 Å². The number of hydrogen-bond acceptors (Lipinski definition) is 0. The summed E-state index contributed by atoms with van der Waals surface area (Å²) in [5.74, 6) is 0.676. The molecular formula is C12H13Li. The van der Waals surface area contributed by atoms with Gasteiger partial charge >= 0.3 is 89.1 Å². The fourth-order valence-electron chi connectivity index (χ4n) is 2.27. The molecule has 0 aromatic heterocycles. The summed E-state index contributed by atoms with van der Waals surface area (Å²) in [7, 11) is 0. The van der Waals surface area contributed by atoms with E-state index in [0.717, 1.165) is 0 Å². The minimum absolute atomic E-state index is 0.676. The quantitative estimate of drug-likeness (QED) is 0.560. The Kier molecular flexibility index (Phi) is 2.36. The van der Waals surface area contributed by atoms with Crippen molar-refractivity contribution in [3.8, 4) is 0 Å². The molecule has 0 radical (unpaired) electrons. The van der Waals surface area contributed by atoms with Crippen molar-refractivity contribution in [2.75, 3.05) is 0 Å². The number of benzene rings is 1. The van der Waals surface area contributed by atoms with Crippen molar-refractivity contribution in [1.82, 2.24) is 0 Å². The third-order valence-electron chi connectivity index (χ3n) is 2.96. The Bertz CT molecular complexity index is 363. The summed E-state index contributed by atoms with van der Waals surface area (Å²) in [5, 5.41) is 0. The van der Waals surface area contributed by atoms with Gasteiger partial charge in [0.2, 0.25) is 0 Å². The number of aryl methyl sites for hydroxylation is 1. The van der Waals surface area contributed by atoms with Crippen LogP contribution < -0.4 is 0 Å². The van der Waals surface area contributed by atoms with Gasteiger partial charge in [0.1, 0.15) is 0 Å². The van der Waals surface area contributed by atoms with E-state index in [-0.39, 0.29) is 0 Å². The van der Waals surface area contributed by atoms with Gasteiger partial charge in [0.15, 0.2) is 0 Å². The van der Waals surface area contributed by atoms with Crippen molar-refractivity contribution in [1.29, 1.82) is 0 Å². The summed E-state index contributed by atoms with van der Waals surface area (Å²) in [6.45, 7) is 4.42. The average molecular weight is 164 g/mol. The van der Waals surface area contributed by atoms with Crippen molar-refractivity contribution in [3.05, 3.63) is 39.1 Å². The molecule has 0 heterocycles. The van der Waals surface area contributed by atoms with Crippen LogP contribution in [0.5, 0.6) is 0 Å². The molecule has 0 bridgehead atoms. The molecule has 0 aliphatic heterocycles. The first-order valence-corrected chi connectivity index (χ1v) is 5.01. The third kappa shape index (κ3) is 1.50. The maximum absolute atomic E-state index is 2.33. The molecule has 2 rings (SSSR count). The summed E-state index contributed by atoms with van der Waals surface area (Å²) in [5.41, 5.74) is 4.31. The number of fused-ring (bicyclic) bond motifs is 1. The Morgan fingerprint density at radius 1 is 1.38 bits per heavy atom. The molecule has 0 amide bonds. The molecule has 0 saturated carbocycles. The van der Waals surface area contributed by atoms with E-state index in [9.17, 15) is 0 Å². The van der Waals surface area contributed by atoms with Crippen LogP contribution in [-0.2, 0) is 0 Å². The standard InChI is InChI=1S/C12H13.Li/c1-3-10-5-6-11-8-9(2)4-7-12(10)11;/h4,6-8,10H,3H2,1-2H3;. The molecule has 62 valence electrons. The second-order valence-corrected chi connectivity index (χ2v) is 3.98. The monoisotopic (exact) mass is 164 g/mol. The third-order valence-corrected chi connectivity index (χ3v) is 2.96. The van der Waals surface area contributed by atoms with Crippen LogP contribution in [-0.4, -0.2) is 17.7 Å². The summed E-state index contributed by atoms with van der Waals surface area (Å²) < 4.78 is 1.52. The summed E-state index contributed by atoms with van der Waals surface area (Å²) in [4.78, 5) is 0. The fraction of sp³-hybridized carbons (Fsp3) is 0.333. The molecule has 0 spiro atoms. The first-order chi connectivity index (χ1) is 6.22. The number of allylic oxidation sites excluding steroid dienone is 1. The predicted octanol–water partition coefficient (Wildman–Crippen LogP) is 3.01. The van der Waals surface area contributed by atoms with E-state index in [2.05, 4.69) is 55.8 Å². The Labute approximate surface area is 89.2 Å². The number of rotatable bonds is 1. The SMILES string of the molecule is [Li][C]1=Cc2cc(C)ccc2C1CC. The van der Waals surface area contributed by atoms with Crippen molar-refractivity contribution in [2.45, 2.75) is 26.2 Å². The summed E-state index contributed by atoms with van der Waals surface area (Å²) >= 11 is 2.24. The van der Waals surface area contributed by atoms with Crippen LogP contribution in [0, 0.1) is 6.92 Å². The molecule has 0 fully saturated rings. The van der Waals surface area contributed by atoms with E-state index in [1.54, 1.807) is 0 Å². The van der Waals surface area contributed by atoms with Gasteiger partial charge in [0, 0.05) is 0 Å². The molecule has 1 aliphatic carbocycles. The van der Waals surface area contributed by atoms with Crippen LogP contribution in [0.4, 0.5) is 0 Å². The summed E-state index contributed by atoms with van der Waals surface area (Å²) in [6.07, 6.45) is 3.55. The zero-order chi connectivity index (χ0) is 9.42. The number of hydrogen-bond donors (Lipinski definition) is 0. The minimum atomic E-state index is 0.676. The van der Waals surface area contributed by atoms with E-state index in [1.165, 1.54) is 27.4 Å². The Hall–Kier alpha value is -0.443. The van der Waals surface area contributed by atoms with Gasteiger partial charge < -0.3 is 0 Å². The van der Waals surface area contributed by atoms with Crippen LogP contribution in [0.2, 0.25) is 0 Å². The zero-order valence-corrected chi connectivity index (χ0v) is 8.59. The van der Waals surface area contributed by atoms with Crippen molar-refractivity contribution < 1.29 is 0 Å². The molecule has 0 N–H and O–H groups in total. The Morgan fingerprint density at radius 2 is 2.15 bits per heavy atom. The first kappa shape index (κ1) is 9.13. The predicted molar refractivity (Wildman–Crippen MR) is 57.9 cm³/mol. The average Bonchev–Trinajstić information content (AvgIpc) is 2.39. The van der Waals surface area contributed by atoms with Crippen LogP contribution in [0.15, 0.2) is 22.4 Å². The van der Waals surface area contributed by atoms with E-state index < -0.39 is 0 Å². The Morgan fingerprint density at radius 3 is 2.85 bits per heavy atom. The zero-order valence-electron chi connectivity index (χ0n) is 8.59. The molecule has 1 unspecified atom stereocenters. The molecule has 13 heavy (non-hydrogen) atoms. The topological polar surface area (TPSA) is 0 Å². The molecule has 1 aromatic rings. The molecule has 1 aliphatic rings. The second-order valence-electron chi connectivity index (χ2n) is 3.98. The van der Waals surface area contributed by atoms with Crippen LogP contribution in [0.1, 0.15) is 36.0 Å². The molecule has 0 saturated heterocycles. The molecular weight excluding hydrogens is 151 g/mol. The first-order valence-electron chi connectivity index (χ1n) is 5.01. The van der Waals surface area contributed by atoms with Gasteiger partial charge in [-0.2, -0.15) is 0 Å². The summed E-state index contributed by atoms with van der Waals surface area (Å²) in [6, 6.07) is 6.79. The van der Waals surface area contributed by atoms with Gasteiger partial charge in [-0.3, -0.25) is 0 Å². The molecule has 1 heteroatoms. The van der Waals surface area contributed by atoms with Crippen LogP contribution in [0.3, 0.4) is 0 Å². The van der Waals surface area contributed by atoms with E-state index in [1.807, 2.05) is 0 Å². The van der Waals surface area contributed by atoms with Gasteiger partial charge in [-0.1, -0.05) is 0 Å². The van der Waals surface area contributed by atoms with Crippen LogP contribution in [0.25, 0.3) is 6.08 Å². The van der Waals surface area contributed by atoms with Crippen molar-refractivity contribution in [2.24, 2.45) is 0 Å². The second kappa shape index (κ2) is 3.37. The molecule has 1 atom stereocenters. The maximum atomic E-state index is 2.33. The van der Waals surface area contributed by atoms with E-state index in [4.69, 9.17) is 0 Å². The normalized spacial score (nSPS) is 20.0. The van der Waals surface area contributed by atoms with Gasteiger partial charge in [0.05, 0.1) is 0 Å². The van der Waals surface area contributed by atoms with Gasteiger partial charge in [-0.05, 0) is 0 Å². The van der Waals surface area contributed by atoms with Gasteiger partial charge in [-0.25, -0.2) is 0 Å². The van der Waals surface area contributed by atoms with Crippen molar-refractivity contribution >= 4 is 23.8 Å². The molecule has 0 nitrogen and oxygen atoms in total. The Balaban J connectivity index is 2.51. The van der Waals surface area contributed by atoms with Crippen molar-refractivity contribution in [3.63, 3.8) is 0 Å². The van der Waals surface area contributed by atoms with E-state index >= 15 is 0 Å². The fourth-order valence-corrected chi connectivity index (χ4v) is 2.27.